The molecule has 0 saturated heterocycles. The Balaban J connectivity index is 4.31. The Morgan fingerprint density at radius 3 is 2.25 bits per heavy atom. The van der Waals surface area contributed by atoms with Crippen LogP contribution in [0.25, 0.3) is 0 Å². The molecule has 8 heteroatoms. The number of hydrogen-bond acceptors (Lipinski definition) is 4. The van der Waals surface area contributed by atoms with E-state index in [1.165, 1.54) is 13.0 Å². The van der Waals surface area contributed by atoms with E-state index >= 15 is 0 Å². The molecule has 16 heavy (non-hydrogen) atoms. The van der Waals surface area contributed by atoms with Gasteiger partial charge in [-0.2, -0.15) is 4.31 Å². The molecule has 0 heterocycles. The van der Waals surface area contributed by atoms with Crippen molar-refractivity contribution in [3.63, 3.8) is 0 Å². The quantitative estimate of drug-likeness (QED) is 0.595. The van der Waals surface area contributed by atoms with Crippen molar-refractivity contribution in [2.24, 2.45) is 0 Å². The van der Waals surface area contributed by atoms with E-state index in [2.05, 4.69) is 11.3 Å². The van der Waals surface area contributed by atoms with Crippen molar-refractivity contribution in [2.45, 2.75) is 6.92 Å². The molecule has 0 unspecified atom stereocenters. The molecule has 0 rings (SSSR count). The molecular weight excluding hydrogens is 252 g/mol. The second kappa shape index (κ2) is 6.33. The number of rotatable bonds is 8. The molecule has 6 nitrogen and oxygen atoms in total. The number of hydrogen-bond donors (Lipinski definition) is 1. The summed E-state index contributed by atoms with van der Waals surface area (Å²) in [6, 6.07) is 0. The third kappa shape index (κ3) is 6.21. The lowest BCUT2D eigenvalue weighted by Crippen LogP contribution is -2.38. The fourth-order valence-electron chi connectivity index (χ4n) is 0.964. The molecule has 0 aromatic rings. The minimum atomic E-state index is -3.32. The third-order valence-electron chi connectivity index (χ3n) is 1.86. The molecular formula is C8H18N2O4S2. The van der Waals surface area contributed by atoms with Crippen molar-refractivity contribution in [2.75, 3.05) is 31.6 Å². The molecule has 0 aliphatic heterocycles. The number of nitrogens with zero attached hydrogens (tertiary/aromatic N) is 1. The molecule has 0 spiro atoms. The predicted molar refractivity (Wildman–Crippen MR) is 64.1 cm³/mol. The highest BCUT2D eigenvalue weighted by Crippen LogP contribution is 1.96. The molecule has 0 aromatic heterocycles. The van der Waals surface area contributed by atoms with Crippen LogP contribution in [0.4, 0.5) is 0 Å². The Labute approximate surface area is 97.4 Å². The zero-order valence-electron chi connectivity index (χ0n) is 9.51. The van der Waals surface area contributed by atoms with Gasteiger partial charge in [-0.25, -0.2) is 21.6 Å². The van der Waals surface area contributed by atoms with Gasteiger partial charge >= 0.3 is 0 Å². The zero-order chi connectivity index (χ0) is 12.8. The minimum Gasteiger partial charge on any atom is -0.214 e. The summed E-state index contributed by atoms with van der Waals surface area (Å²) in [5.74, 6) is -0.0205. The van der Waals surface area contributed by atoms with Gasteiger partial charge in [0.2, 0.25) is 20.0 Å². The molecule has 1 N–H and O–H groups in total. The van der Waals surface area contributed by atoms with E-state index in [1.54, 1.807) is 0 Å². The van der Waals surface area contributed by atoms with Crippen molar-refractivity contribution in [1.82, 2.24) is 9.03 Å². The summed E-state index contributed by atoms with van der Waals surface area (Å²) in [4.78, 5) is 0. The fourth-order valence-corrected chi connectivity index (χ4v) is 2.37. The lowest BCUT2D eigenvalue weighted by atomic mass is 10.6. The average Bonchev–Trinajstić information content (AvgIpc) is 2.15. The van der Waals surface area contributed by atoms with Crippen molar-refractivity contribution in [3.05, 3.63) is 12.7 Å². The molecule has 0 aromatic carbocycles. The monoisotopic (exact) mass is 270 g/mol. The second-order valence-electron chi connectivity index (χ2n) is 3.21. The first-order chi connectivity index (χ1) is 7.23. The Morgan fingerprint density at radius 1 is 1.31 bits per heavy atom. The van der Waals surface area contributed by atoms with Gasteiger partial charge in [-0.15, -0.1) is 6.58 Å². The number of sulfonamides is 2. The Hall–Kier alpha value is -0.440. The molecule has 96 valence electrons. The summed E-state index contributed by atoms with van der Waals surface area (Å²) in [6.07, 6.45) is 2.53. The maximum Gasteiger partial charge on any atom is 0.211 e. The van der Waals surface area contributed by atoms with E-state index in [1.807, 2.05) is 0 Å². The van der Waals surface area contributed by atoms with E-state index in [9.17, 15) is 16.8 Å². The maximum absolute atomic E-state index is 11.2. The van der Waals surface area contributed by atoms with Crippen LogP contribution < -0.4 is 4.72 Å². The molecule has 0 bridgehead atoms. The number of nitrogens with one attached hydrogen (secondary N) is 1. The smallest absolute Gasteiger partial charge is 0.211 e. The molecule has 0 saturated carbocycles. The van der Waals surface area contributed by atoms with Crippen LogP contribution in [0.15, 0.2) is 12.7 Å². The summed E-state index contributed by atoms with van der Waals surface area (Å²) in [5, 5.41) is 0. The van der Waals surface area contributed by atoms with E-state index in [-0.39, 0.29) is 25.4 Å². The van der Waals surface area contributed by atoms with Gasteiger partial charge in [0.05, 0.1) is 12.0 Å². The van der Waals surface area contributed by atoms with E-state index in [0.29, 0.717) is 0 Å². The van der Waals surface area contributed by atoms with Gasteiger partial charge in [-0.05, 0) is 6.92 Å². The average molecular weight is 270 g/mol. The van der Waals surface area contributed by atoms with Crippen LogP contribution in [0, 0.1) is 0 Å². The molecule has 0 aliphatic rings. The second-order valence-corrected chi connectivity index (χ2v) is 7.29. The Morgan fingerprint density at radius 2 is 1.88 bits per heavy atom. The first-order valence-corrected chi connectivity index (χ1v) is 8.26. The van der Waals surface area contributed by atoms with Gasteiger partial charge in [0.1, 0.15) is 0 Å². The standard InChI is InChI=1S/C8H18N2O4S2/c1-4-7-10(15(3,11)12)8-6-9-16(13,14)5-2/h4,9H,1,5-8H2,2-3H3. The van der Waals surface area contributed by atoms with E-state index < -0.39 is 20.0 Å². The summed E-state index contributed by atoms with van der Waals surface area (Å²) in [5.41, 5.74) is 0. The predicted octanol–water partition coefficient (Wildman–Crippen LogP) is -0.627. The molecule has 0 radical (unpaired) electrons. The van der Waals surface area contributed by atoms with Gasteiger partial charge in [0.25, 0.3) is 0 Å². The van der Waals surface area contributed by atoms with Crippen LogP contribution in [0.3, 0.4) is 0 Å². The normalized spacial score (nSPS) is 12.9. The minimum absolute atomic E-state index is 0.0205. The van der Waals surface area contributed by atoms with Gasteiger partial charge < -0.3 is 0 Å². The molecule has 0 amide bonds. The van der Waals surface area contributed by atoms with Crippen molar-refractivity contribution < 1.29 is 16.8 Å². The Kier molecular flexibility index (Phi) is 6.16. The lowest BCUT2D eigenvalue weighted by Gasteiger charge is -2.17. The highest BCUT2D eigenvalue weighted by atomic mass is 32.2. The van der Waals surface area contributed by atoms with Crippen LogP contribution in [0.5, 0.6) is 0 Å². The zero-order valence-corrected chi connectivity index (χ0v) is 11.1. The highest BCUT2D eigenvalue weighted by molar-refractivity contribution is 7.89. The van der Waals surface area contributed by atoms with Crippen molar-refractivity contribution in [3.8, 4) is 0 Å². The fraction of sp³-hybridized carbons (Fsp3) is 0.750. The van der Waals surface area contributed by atoms with E-state index in [4.69, 9.17) is 0 Å². The summed E-state index contributed by atoms with van der Waals surface area (Å²) < 4.78 is 48.1. The van der Waals surface area contributed by atoms with Crippen LogP contribution in [0.1, 0.15) is 6.92 Å². The maximum atomic E-state index is 11.2. The van der Waals surface area contributed by atoms with E-state index in [0.717, 1.165) is 10.6 Å². The SMILES string of the molecule is C=CCN(CCNS(=O)(=O)CC)S(C)(=O)=O. The van der Waals surface area contributed by atoms with Gasteiger partial charge in [-0.3, -0.25) is 0 Å². The van der Waals surface area contributed by atoms with Crippen LogP contribution in [-0.2, 0) is 20.0 Å². The summed E-state index contributed by atoms with van der Waals surface area (Å²) in [7, 11) is -6.60. The summed E-state index contributed by atoms with van der Waals surface area (Å²) >= 11 is 0. The van der Waals surface area contributed by atoms with Gasteiger partial charge in [0, 0.05) is 19.6 Å². The third-order valence-corrected chi connectivity index (χ3v) is 4.54. The summed E-state index contributed by atoms with van der Waals surface area (Å²) in [6.45, 7) is 5.30. The Bertz CT molecular complexity index is 413. The van der Waals surface area contributed by atoms with Crippen LogP contribution in [-0.4, -0.2) is 52.8 Å². The topological polar surface area (TPSA) is 83.6 Å². The lowest BCUT2D eigenvalue weighted by molar-refractivity contribution is 0.447. The van der Waals surface area contributed by atoms with Crippen molar-refractivity contribution in [1.29, 1.82) is 0 Å². The van der Waals surface area contributed by atoms with Crippen molar-refractivity contribution >= 4 is 20.0 Å². The first kappa shape index (κ1) is 15.6. The molecule has 0 atom stereocenters. The first-order valence-electron chi connectivity index (χ1n) is 4.76. The van der Waals surface area contributed by atoms with Gasteiger partial charge in [0.15, 0.2) is 0 Å². The molecule has 0 fully saturated rings. The molecule has 0 aliphatic carbocycles. The van der Waals surface area contributed by atoms with Crippen LogP contribution >= 0.6 is 0 Å². The largest absolute Gasteiger partial charge is 0.214 e. The van der Waals surface area contributed by atoms with Gasteiger partial charge in [-0.1, -0.05) is 6.08 Å². The highest BCUT2D eigenvalue weighted by Gasteiger charge is 2.15. The van der Waals surface area contributed by atoms with Crippen LogP contribution in [0.2, 0.25) is 0 Å².